The van der Waals surface area contributed by atoms with E-state index in [1.165, 1.54) is 18.4 Å². The van der Waals surface area contributed by atoms with Gasteiger partial charge in [0.2, 0.25) is 0 Å². The predicted octanol–water partition coefficient (Wildman–Crippen LogP) is 3.29. The van der Waals surface area contributed by atoms with E-state index in [1.54, 1.807) is 0 Å². The van der Waals surface area contributed by atoms with Crippen molar-refractivity contribution in [3.05, 3.63) is 29.8 Å². The van der Waals surface area contributed by atoms with Crippen molar-refractivity contribution < 1.29 is 4.74 Å². The summed E-state index contributed by atoms with van der Waals surface area (Å²) in [4.78, 5) is 0. The van der Waals surface area contributed by atoms with Gasteiger partial charge in [-0.2, -0.15) is 0 Å². The highest BCUT2D eigenvalue weighted by Gasteiger charge is 2.16. The van der Waals surface area contributed by atoms with Crippen molar-refractivity contribution in [2.45, 2.75) is 45.3 Å². The Morgan fingerprint density at radius 3 is 2.38 bits per heavy atom. The van der Waals surface area contributed by atoms with E-state index in [9.17, 15) is 0 Å². The lowest BCUT2D eigenvalue weighted by Crippen LogP contribution is -2.23. The molecule has 0 spiro atoms. The molecule has 2 heteroatoms. The summed E-state index contributed by atoms with van der Waals surface area (Å²) in [6, 6.07) is 9.03. The summed E-state index contributed by atoms with van der Waals surface area (Å²) in [6.45, 7) is 7.35. The fourth-order valence-electron chi connectivity index (χ4n) is 2.09. The lowest BCUT2D eigenvalue weighted by Gasteiger charge is -2.21. The molecule has 1 aliphatic rings. The molecule has 0 aliphatic carbocycles. The standard InChI is InChI=1S/C14H21NO/c1-14(2,3)16-12-8-6-11(7-9-12)13-5-4-10-15-13/h6-9,13,15H,4-5,10H2,1-3H3/t13-/m1/s1. The highest BCUT2D eigenvalue weighted by atomic mass is 16.5. The minimum absolute atomic E-state index is 0.118. The van der Waals surface area contributed by atoms with Gasteiger partial charge in [0.1, 0.15) is 11.4 Å². The lowest BCUT2D eigenvalue weighted by atomic mass is 10.1. The Kier molecular flexibility index (Phi) is 3.20. The van der Waals surface area contributed by atoms with Gasteiger partial charge in [0.25, 0.3) is 0 Å². The smallest absolute Gasteiger partial charge is 0.120 e. The van der Waals surface area contributed by atoms with Crippen LogP contribution >= 0.6 is 0 Å². The largest absolute Gasteiger partial charge is 0.488 e. The summed E-state index contributed by atoms with van der Waals surface area (Å²) in [6.07, 6.45) is 2.53. The van der Waals surface area contributed by atoms with Crippen molar-refractivity contribution in [3.8, 4) is 5.75 Å². The predicted molar refractivity (Wildman–Crippen MR) is 66.8 cm³/mol. The quantitative estimate of drug-likeness (QED) is 0.824. The van der Waals surface area contributed by atoms with Crippen LogP contribution in [0.1, 0.15) is 45.2 Å². The Morgan fingerprint density at radius 2 is 1.88 bits per heavy atom. The van der Waals surface area contributed by atoms with Crippen LogP contribution in [0.4, 0.5) is 0 Å². The van der Waals surface area contributed by atoms with Crippen molar-refractivity contribution in [2.24, 2.45) is 0 Å². The molecule has 0 unspecified atom stereocenters. The average Bonchev–Trinajstić information content (AvgIpc) is 2.69. The molecule has 0 bridgehead atoms. The molecule has 1 N–H and O–H groups in total. The molecule has 2 rings (SSSR count). The molecule has 1 atom stereocenters. The van der Waals surface area contributed by atoms with Crippen LogP contribution in [0.5, 0.6) is 5.75 Å². The van der Waals surface area contributed by atoms with Crippen LogP contribution in [0, 0.1) is 0 Å². The first kappa shape index (κ1) is 11.5. The molecule has 1 fully saturated rings. The zero-order valence-corrected chi connectivity index (χ0v) is 10.4. The fourth-order valence-corrected chi connectivity index (χ4v) is 2.09. The van der Waals surface area contributed by atoms with Crippen LogP contribution in [0.25, 0.3) is 0 Å². The van der Waals surface area contributed by atoms with Gasteiger partial charge in [0, 0.05) is 6.04 Å². The number of ether oxygens (including phenoxy) is 1. The maximum atomic E-state index is 5.80. The number of hydrogen-bond donors (Lipinski definition) is 1. The van der Waals surface area contributed by atoms with E-state index in [0.29, 0.717) is 6.04 Å². The monoisotopic (exact) mass is 219 g/mol. The molecule has 1 aromatic rings. The first-order chi connectivity index (χ1) is 7.54. The molecule has 2 nitrogen and oxygen atoms in total. The second-order valence-electron chi connectivity index (χ2n) is 5.43. The zero-order valence-electron chi connectivity index (χ0n) is 10.4. The first-order valence-electron chi connectivity index (χ1n) is 6.07. The summed E-state index contributed by atoms with van der Waals surface area (Å²) < 4.78 is 5.80. The van der Waals surface area contributed by atoms with E-state index in [1.807, 2.05) is 0 Å². The number of nitrogens with one attached hydrogen (secondary N) is 1. The third kappa shape index (κ3) is 2.99. The van der Waals surface area contributed by atoms with Crippen LogP contribution in [-0.2, 0) is 0 Å². The van der Waals surface area contributed by atoms with Crippen molar-refractivity contribution in [2.75, 3.05) is 6.54 Å². The molecule has 16 heavy (non-hydrogen) atoms. The van der Waals surface area contributed by atoms with Gasteiger partial charge in [-0.3, -0.25) is 0 Å². The molecular formula is C14H21NO. The van der Waals surface area contributed by atoms with Crippen LogP contribution < -0.4 is 10.1 Å². The number of rotatable bonds is 2. The Hall–Kier alpha value is -1.02. The molecule has 1 aliphatic heterocycles. The van der Waals surface area contributed by atoms with Gasteiger partial charge in [-0.25, -0.2) is 0 Å². The molecular weight excluding hydrogens is 198 g/mol. The van der Waals surface area contributed by atoms with E-state index < -0.39 is 0 Å². The lowest BCUT2D eigenvalue weighted by molar-refractivity contribution is 0.131. The molecule has 0 amide bonds. The van der Waals surface area contributed by atoms with Gasteiger partial charge in [0.05, 0.1) is 0 Å². The van der Waals surface area contributed by atoms with Crippen LogP contribution in [-0.4, -0.2) is 12.1 Å². The summed E-state index contributed by atoms with van der Waals surface area (Å²) in [5.74, 6) is 0.953. The minimum Gasteiger partial charge on any atom is -0.488 e. The van der Waals surface area contributed by atoms with E-state index in [4.69, 9.17) is 4.74 Å². The second-order valence-corrected chi connectivity index (χ2v) is 5.43. The Balaban J connectivity index is 2.04. The third-order valence-electron chi connectivity index (χ3n) is 2.77. The van der Waals surface area contributed by atoms with Gasteiger partial charge >= 0.3 is 0 Å². The summed E-state index contributed by atoms with van der Waals surface area (Å²) in [7, 11) is 0. The van der Waals surface area contributed by atoms with Gasteiger partial charge in [-0.05, 0) is 57.9 Å². The fraction of sp³-hybridized carbons (Fsp3) is 0.571. The normalized spacial score (nSPS) is 21.1. The molecule has 1 heterocycles. The van der Waals surface area contributed by atoms with E-state index in [2.05, 4.69) is 50.4 Å². The SMILES string of the molecule is CC(C)(C)Oc1ccc([C@H]2CCCN2)cc1. The first-order valence-corrected chi connectivity index (χ1v) is 6.07. The Bertz CT molecular complexity index is 331. The van der Waals surface area contributed by atoms with Gasteiger partial charge in [-0.15, -0.1) is 0 Å². The number of hydrogen-bond acceptors (Lipinski definition) is 2. The third-order valence-corrected chi connectivity index (χ3v) is 2.77. The second kappa shape index (κ2) is 4.46. The van der Waals surface area contributed by atoms with Crippen molar-refractivity contribution >= 4 is 0 Å². The summed E-state index contributed by atoms with van der Waals surface area (Å²) in [5, 5.41) is 3.50. The van der Waals surface area contributed by atoms with Gasteiger partial charge < -0.3 is 10.1 Å². The topological polar surface area (TPSA) is 21.3 Å². The van der Waals surface area contributed by atoms with Gasteiger partial charge in [-0.1, -0.05) is 12.1 Å². The van der Waals surface area contributed by atoms with E-state index >= 15 is 0 Å². The highest BCUT2D eigenvalue weighted by molar-refractivity contribution is 5.30. The van der Waals surface area contributed by atoms with E-state index in [0.717, 1.165) is 12.3 Å². The highest BCUT2D eigenvalue weighted by Crippen LogP contribution is 2.25. The molecule has 1 aromatic carbocycles. The molecule has 1 saturated heterocycles. The summed E-state index contributed by atoms with van der Waals surface area (Å²) >= 11 is 0. The van der Waals surface area contributed by atoms with Gasteiger partial charge in [0.15, 0.2) is 0 Å². The Morgan fingerprint density at radius 1 is 1.19 bits per heavy atom. The average molecular weight is 219 g/mol. The Labute approximate surface area is 98.0 Å². The zero-order chi connectivity index (χ0) is 11.6. The van der Waals surface area contributed by atoms with Crippen molar-refractivity contribution in [1.82, 2.24) is 5.32 Å². The van der Waals surface area contributed by atoms with Crippen molar-refractivity contribution in [3.63, 3.8) is 0 Å². The molecule has 0 radical (unpaired) electrons. The van der Waals surface area contributed by atoms with Crippen LogP contribution in [0.15, 0.2) is 24.3 Å². The van der Waals surface area contributed by atoms with Crippen molar-refractivity contribution in [1.29, 1.82) is 0 Å². The molecule has 0 aromatic heterocycles. The van der Waals surface area contributed by atoms with Crippen LogP contribution in [0.3, 0.4) is 0 Å². The molecule has 88 valence electrons. The van der Waals surface area contributed by atoms with E-state index in [-0.39, 0.29) is 5.60 Å². The maximum Gasteiger partial charge on any atom is 0.120 e. The minimum atomic E-state index is -0.118. The summed E-state index contributed by atoms with van der Waals surface area (Å²) in [5.41, 5.74) is 1.26. The van der Waals surface area contributed by atoms with Crippen LogP contribution in [0.2, 0.25) is 0 Å². The maximum absolute atomic E-state index is 5.80. The number of benzene rings is 1. The molecule has 0 saturated carbocycles.